The minimum absolute atomic E-state index is 0.213. The number of hydrogen-bond acceptors (Lipinski definition) is 7. The number of thioether (sulfide) groups is 1. The maximum atomic E-state index is 14.2. The van der Waals surface area contributed by atoms with E-state index in [1.54, 1.807) is 42.5 Å². The number of carbonyl (C=O) groups is 1. The highest BCUT2D eigenvalue weighted by atomic mass is 32.2. The summed E-state index contributed by atoms with van der Waals surface area (Å²) in [7, 11) is 1.46. The molecule has 188 valence electrons. The van der Waals surface area contributed by atoms with Crippen molar-refractivity contribution in [1.29, 1.82) is 0 Å². The third-order valence-electron chi connectivity index (χ3n) is 5.77. The highest BCUT2D eigenvalue weighted by molar-refractivity contribution is 7.98. The topological polar surface area (TPSA) is 117 Å². The van der Waals surface area contributed by atoms with E-state index in [0.29, 0.717) is 39.0 Å². The van der Waals surface area contributed by atoms with Gasteiger partial charge in [-0.25, -0.2) is 9.18 Å². The number of benzene rings is 3. The number of ether oxygens (including phenoxy) is 2. The van der Waals surface area contributed by atoms with E-state index in [9.17, 15) is 19.1 Å². The van der Waals surface area contributed by atoms with E-state index < -0.39 is 18.7 Å². The number of nitrogens with zero attached hydrogens (tertiary/aromatic N) is 2. The van der Waals surface area contributed by atoms with Crippen molar-refractivity contribution < 1.29 is 28.4 Å². The number of fused-ring (bicyclic) bond motifs is 3. The number of aromatic nitrogens is 3. The van der Waals surface area contributed by atoms with Crippen LogP contribution in [0.5, 0.6) is 11.5 Å². The van der Waals surface area contributed by atoms with Gasteiger partial charge in [-0.2, -0.15) is 0 Å². The standard InChI is InChI=1S/C26H21FN4O5S/c1-35-20-12-6-9-17(23(20)36-13-21(32)33)24-28-19-11-5-3-8-16(19)22-25(34)29-26(30-31(22)24)37-14-15-7-2-4-10-18(15)27/h2-12,24H,13-14H2,1H3,(H2,29,30,32,33,34)/p+1/t24-/m1/s1. The molecular formula is C26H22FN4O5S+. The Bertz CT molecular complexity index is 1540. The Hall–Kier alpha value is -4.38. The molecule has 0 saturated carbocycles. The number of nitrogens with one attached hydrogen (secondary N) is 2. The van der Waals surface area contributed by atoms with E-state index in [1.165, 1.54) is 29.6 Å². The summed E-state index contributed by atoms with van der Waals surface area (Å²) in [6, 6.07) is 18.9. The number of rotatable bonds is 8. The SMILES string of the molecule is COc1cccc([C@@H]2Nc3ccccc3-c3c(=O)[nH]c(SCc4ccccc4F)n[n+]32)c1OCC(=O)O. The van der Waals surface area contributed by atoms with Gasteiger partial charge in [0, 0.05) is 10.9 Å². The van der Waals surface area contributed by atoms with Crippen molar-refractivity contribution in [3.05, 3.63) is 94.0 Å². The summed E-state index contributed by atoms with van der Waals surface area (Å²) in [5.74, 6) is -0.678. The Balaban J connectivity index is 1.62. The first-order valence-electron chi connectivity index (χ1n) is 11.3. The third-order valence-corrected chi connectivity index (χ3v) is 6.68. The zero-order chi connectivity index (χ0) is 25.9. The van der Waals surface area contributed by atoms with Crippen LogP contribution in [0.1, 0.15) is 17.3 Å². The summed E-state index contributed by atoms with van der Waals surface area (Å²) in [5.41, 5.74) is 2.27. The fourth-order valence-corrected chi connectivity index (χ4v) is 4.96. The molecule has 1 aliphatic rings. The average Bonchev–Trinajstić information content (AvgIpc) is 2.90. The van der Waals surface area contributed by atoms with Gasteiger partial charge in [-0.1, -0.05) is 48.2 Å². The lowest BCUT2D eigenvalue weighted by molar-refractivity contribution is -0.759. The molecule has 2 heterocycles. The summed E-state index contributed by atoms with van der Waals surface area (Å²) in [6.45, 7) is -0.583. The number of carboxylic acids is 1. The van der Waals surface area contributed by atoms with Crippen LogP contribution < -0.4 is 25.0 Å². The van der Waals surface area contributed by atoms with Gasteiger partial charge >= 0.3 is 17.2 Å². The number of anilines is 1. The van der Waals surface area contributed by atoms with Crippen LogP contribution in [-0.4, -0.2) is 34.9 Å². The third kappa shape index (κ3) is 4.85. The second kappa shape index (κ2) is 10.3. The van der Waals surface area contributed by atoms with Crippen LogP contribution in [0.4, 0.5) is 10.1 Å². The predicted octanol–water partition coefficient (Wildman–Crippen LogP) is 3.60. The molecule has 0 unspecified atom stereocenters. The Morgan fingerprint density at radius 1 is 1.14 bits per heavy atom. The zero-order valence-electron chi connectivity index (χ0n) is 19.6. The molecule has 9 nitrogen and oxygen atoms in total. The molecule has 1 aromatic heterocycles. The van der Waals surface area contributed by atoms with Gasteiger partial charge in [0.1, 0.15) is 5.82 Å². The van der Waals surface area contributed by atoms with E-state index in [0.717, 1.165) is 0 Å². The van der Waals surface area contributed by atoms with E-state index in [4.69, 9.17) is 14.6 Å². The van der Waals surface area contributed by atoms with Crippen LogP contribution in [-0.2, 0) is 10.5 Å². The van der Waals surface area contributed by atoms with Gasteiger partial charge in [0.05, 0.1) is 23.9 Å². The Kier molecular flexibility index (Phi) is 6.78. The second-order valence-electron chi connectivity index (χ2n) is 8.09. The van der Waals surface area contributed by atoms with Crippen LogP contribution in [0.3, 0.4) is 0 Å². The van der Waals surface area contributed by atoms with E-state index in [2.05, 4.69) is 10.3 Å². The lowest BCUT2D eigenvalue weighted by Gasteiger charge is -2.24. The van der Waals surface area contributed by atoms with Crippen LogP contribution in [0, 0.1) is 5.82 Å². The van der Waals surface area contributed by atoms with Crippen molar-refractivity contribution in [3.63, 3.8) is 0 Å². The van der Waals surface area contributed by atoms with Crippen LogP contribution in [0.15, 0.2) is 76.7 Å². The zero-order valence-corrected chi connectivity index (χ0v) is 20.4. The molecule has 0 aliphatic carbocycles. The second-order valence-corrected chi connectivity index (χ2v) is 9.05. The van der Waals surface area contributed by atoms with Gasteiger partial charge < -0.3 is 19.9 Å². The molecule has 0 saturated heterocycles. The van der Waals surface area contributed by atoms with E-state index in [-0.39, 0.29) is 22.9 Å². The van der Waals surface area contributed by atoms with Crippen molar-refractivity contribution in [2.75, 3.05) is 19.0 Å². The lowest BCUT2D eigenvalue weighted by Crippen LogP contribution is -2.55. The summed E-state index contributed by atoms with van der Waals surface area (Å²) >= 11 is 1.19. The molecule has 1 aliphatic heterocycles. The van der Waals surface area contributed by atoms with E-state index >= 15 is 0 Å². The predicted molar refractivity (Wildman–Crippen MR) is 134 cm³/mol. The number of aliphatic carboxylic acids is 1. The Morgan fingerprint density at radius 3 is 2.70 bits per heavy atom. The van der Waals surface area contributed by atoms with Gasteiger partial charge in [0.15, 0.2) is 18.1 Å². The fraction of sp³-hybridized carbons (Fsp3) is 0.154. The molecule has 3 aromatic carbocycles. The molecule has 3 N–H and O–H groups in total. The average molecular weight is 522 g/mol. The number of carboxylic acid groups (broad SMARTS) is 1. The molecule has 4 aromatic rings. The minimum Gasteiger partial charge on any atom is -0.493 e. The number of halogens is 1. The molecule has 0 fully saturated rings. The van der Waals surface area contributed by atoms with Crippen molar-refractivity contribution in [1.82, 2.24) is 10.1 Å². The Labute approximate surface area is 214 Å². The lowest BCUT2D eigenvalue weighted by atomic mass is 10.0. The first-order chi connectivity index (χ1) is 18.0. The van der Waals surface area contributed by atoms with Crippen LogP contribution in [0.2, 0.25) is 0 Å². The maximum Gasteiger partial charge on any atom is 0.341 e. The van der Waals surface area contributed by atoms with Crippen LogP contribution >= 0.6 is 11.8 Å². The van der Waals surface area contributed by atoms with Crippen LogP contribution in [0.25, 0.3) is 11.3 Å². The number of para-hydroxylation sites is 2. The molecule has 0 bridgehead atoms. The van der Waals surface area contributed by atoms with Gasteiger partial charge in [-0.3, -0.25) is 9.78 Å². The highest BCUT2D eigenvalue weighted by Crippen LogP contribution is 2.38. The largest absolute Gasteiger partial charge is 0.493 e. The molecule has 37 heavy (non-hydrogen) atoms. The van der Waals surface area contributed by atoms with Gasteiger partial charge in [-0.15, -0.1) is 0 Å². The van der Waals surface area contributed by atoms with Crippen molar-refractivity contribution >= 4 is 23.4 Å². The smallest absolute Gasteiger partial charge is 0.341 e. The van der Waals surface area contributed by atoms with Gasteiger partial charge in [0.2, 0.25) is 5.16 Å². The summed E-state index contributed by atoms with van der Waals surface area (Å²) in [4.78, 5) is 27.4. The summed E-state index contributed by atoms with van der Waals surface area (Å²) in [6.07, 6.45) is -0.737. The molecule has 0 spiro atoms. The first-order valence-corrected chi connectivity index (χ1v) is 12.2. The van der Waals surface area contributed by atoms with Gasteiger partial charge in [-0.05, 0) is 40.6 Å². The number of aromatic amines is 1. The maximum absolute atomic E-state index is 14.2. The molecule has 1 atom stereocenters. The van der Waals surface area contributed by atoms with Crippen molar-refractivity contribution in [2.45, 2.75) is 17.1 Å². The quantitative estimate of drug-likeness (QED) is 0.238. The van der Waals surface area contributed by atoms with Crippen molar-refractivity contribution in [3.8, 4) is 22.8 Å². The minimum atomic E-state index is -1.15. The molecule has 5 rings (SSSR count). The number of H-pyrrole nitrogens is 1. The highest BCUT2D eigenvalue weighted by Gasteiger charge is 2.39. The Morgan fingerprint density at radius 2 is 1.92 bits per heavy atom. The molecular weight excluding hydrogens is 499 g/mol. The fourth-order valence-electron chi connectivity index (χ4n) is 4.12. The normalized spacial score (nSPS) is 13.7. The molecule has 11 heteroatoms. The summed E-state index contributed by atoms with van der Waals surface area (Å²) in [5, 5.41) is 17.6. The monoisotopic (exact) mass is 521 g/mol. The first kappa shape index (κ1) is 24.3. The van der Waals surface area contributed by atoms with Crippen molar-refractivity contribution in [2.24, 2.45) is 0 Å². The molecule has 0 amide bonds. The van der Waals surface area contributed by atoms with E-state index in [1.807, 2.05) is 18.2 Å². The molecule has 0 radical (unpaired) electrons. The number of methoxy groups -OCH3 is 1. The summed E-state index contributed by atoms with van der Waals surface area (Å²) < 4.78 is 26.7. The van der Waals surface area contributed by atoms with Gasteiger partial charge in [0.25, 0.3) is 6.17 Å². The number of hydrogen-bond donors (Lipinski definition) is 3.